The molecule has 0 aliphatic heterocycles. The number of aromatic hydroxyl groups is 1. The van der Waals surface area contributed by atoms with Gasteiger partial charge in [0.1, 0.15) is 11.9 Å². The Hall–Kier alpha value is -1.09. The Balaban J connectivity index is 2.58. The molecule has 0 saturated heterocycles. The largest absolute Gasteiger partial charge is 0.508 e. The zero-order valence-electron chi connectivity index (χ0n) is 6.57. The molecular formula is C9H11FO2. The molecule has 2 N–H and O–H groups in total. The average molecular weight is 170 g/mol. The number of hydrogen-bond acceptors (Lipinski definition) is 2. The standard InChI is InChI=1S/C9H11FO2/c10-8(6-11)5-7-1-3-9(12)4-2-7/h1-4,8,11-12H,5-6H2. The molecule has 1 atom stereocenters. The Labute approximate surface area is 70.3 Å². The van der Waals surface area contributed by atoms with Gasteiger partial charge in [0.2, 0.25) is 0 Å². The van der Waals surface area contributed by atoms with Crippen molar-refractivity contribution in [1.82, 2.24) is 0 Å². The molecule has 0 heterocycles. The van der Waals surface area contributed by atoms with E-state index in [4.69, 9.17) is 10.2 Å². The average Bonchev–Trinajstić information content (AvgIpc) is 2.09. The van der Waals surface area contributed by atoms with Crippen LogP contribution < -0.4 is 0 Å². The Kier molecular flexibility index (Phi) is 3.05. The van der Waals surface area contributed by atoms with Gasteiger partial charge in [0.05, 0.1) is 6.61 Å². The highest BCUT2D eigenvalue weighted by molar-refractivity contribution is 5.26. The van der Waals surface area contributed by atoms with Crippen LogP contribution in [0.2, 0.25) is 0 Å². The molecule has 0 spiro atoms. The molecule has 0 amide bonds. The maximum atomic E-state index is 12.6. The second kappa shape index (κ2) is 4.07. The normalized spacial score (nSPS) is 12.8. The minimum atomic E-state index is -1.21. The second-order valence-electron chi connectivity index (χ2n) is 2.65. The summed E-state index contributed by atoms with van der Waals surface area (Å²) >= 11 is 0. The van der Waals surface area contributed by atoms with E-state index in [2.05, 4.69) is 0 Å². The minimum Gasteiger partial charge on any atom is -0.508 e. The van der Waals surface area contributed by atoms with Crippen molar-refractivity contribution in [3.63, 3.8) is 0 Å². The summed E-state index contributed by atoms with van der Waals surface area (Å²) in [4.78, 5) is 0. The van der Waals surface area contributed by atoms with E-state index >= 15 is 0 Å². The molecule has 2 nitrogen and oxygen atoms in total. The smallest absolute Gasteiger partial charge is 0.127 e. The summed E-state index contributed by atoms with van der Waals surface area (Å²) in [7, 11) is 0. The molecular weight excluding hydrogens is 159 g/mol. The van der Waals surface area contributed by atoms with Gasteiger partial charge in [-0.2, -0.15) is 0 Å². The fourth-order valence-corrected chi connectivity index (χ4v) is 0.952. The van der Waals surface area contributed by atoms with E-state index in [1.165, 1.54) is 12.1 Å². The fraction of sp³-hybridized carbons (Fsp3) is 0.333. The molecule has 0 aliphatic carbocycles. The lowest BCUT2D eigenvalue weighted by Gasteiger charge is -2.03. The third kappa shape index (κ3) is 2.51. The Morgan fingerprint density at radius 3 is 2.33 bits per heavy atom. The van der Waals surface area contributed by atoms with Crippen LogP contribution in [-0.2, 0) is 6.42 Å². The van der Waals surface area contributed by atoms with Crippen LogP contribution in [-0.4, -0.2) is 23.0 Å². The Bertz CT molecular complexity index is 233. The van der Waals surface area contributed by atoms with E-state index in [1.807, 2.05) is 0 Å². The summed E-state index contributed by atoms with van der Waals surface area (Å²) in [5, 5.41) is 17.3. The van der Waals surface area contributed by atoms with Gasteiger partial charge in [0, 0.05) is 6.42 Å². The summed E-state index contributed by atoms with van der Waals surface area (Å²) in [6.45, 7) is -0.457. The molecule has 0 aliphatic rings. The Morgan fingerprint density at radius 1 is 1.25 bits per heavy atom. The molecule has 1 unspecified atom stereocenters. The van der Waals surface area contributed by atoms with E-state index in [1.54, 1.807) is 12.1 Å². The van der Waals surface area contributed by atoms with E-state index < -0.39 is 12.8 Å². The molecule has 0 saturated carbocycles. The minimum absolute atomic E-state index is 0.165. The van der Waals surface area contributed by atoms with Crippen LogP contribution in [0.3, 0.4) is 0 Å². The second-order valence-corrected chi connectivity index (χ2v) is 2.65. The number of phenolic OH excluding ortho intramolecular Hbond substituents is 1. The van der Waals surface area contributed by atoms with Crippen LogP contribution >= 0.6 is 0 Å². The number of rotatable bonds is 3. The van der Waals surface area contributed by atoms with Crippen molar-refractivity contribution in [2.45, 2.75) is 12.6 Å². The van der Waals surface area contributed by atoms with Gasteiger partial charge in [-0.25, -0.2) is 4.39 Å². The SMILES string of the molecule is OCC(F)Cc1ccc(O)cc1. The first-order valence-electron chi connectivity index (χ1n) is 3.75. The fourth-order valence-electron chi connectivity index (χ4n) is 0.952. The molecule has 0 fully saturated rings. The predicted octanol–water partition coefficient (Wildman–Crippen LogP) is 1.27. The summed E-state index contributed by atoms with van der Waals surface area (Å²) in [6.07, 6.45) is -1.02. The third-order valence-electron chi connectivity index (χ3n) is 1.59. The molecule has 0 bridgehead atoms. The molecule has 1 rings (SSSR count). The highest BCUT2D eigenvalue weighted by atomic mass is 19.1. The van der Waals surface area contributed by atoms with Gasteiger partial charge in [-0.15, -0.1) is 0 Å². The molecule has 12 heavy (non-hydrogen) atoms. The first kappa shape index (κ1) is 9.00. The highest BCUT2D eigenvalue weighted by Gasteiger charge is 2.04. The van der Waals surface area contributed by atoms with Gasteiger partial charge in [0.25, 0.3) is 0 Å². The zero-order valence-corrected chi connectivity index (χ0v) is 6.57. The van der Waals surface area contributed by atoms with Crippen LogP contribution in [0.4, 0.5) is 4.39 Å². The van der Waals surface area contributed by atoms with Gasteiger partial charge >= 0.3 is 0 Å². The zero-order chi connectivity index (χ0) is 8.97. The molecule has 0 aromatic heterocycles. The van der Waals surface area contributed by atoms with Crippen LogP contribution in [0, 0.1) is 0 Å². The van der Waals surface area contributed by atoms with Crippen LogP contribution in [0.15, 0.2) is 24.3 Å². The number of benzene rings is 1. The van der Waals surface area contributed by atoms with Gasteiger partial charge < -0.3 is 10.2 Å². The highest BCUT2D eigenvalue weighted by Crippen LogP contribution is 2.11. The van der Waals surface area contributed by atoms with Crippen LogP contribution in [0.1, 0.15) is 5.56 Å². The summed E-state index contributed by atoms with van der Waals surface area (Å²) in [6, 6.07) is 6.27. The molecule has 3 heteroatoms. The monoisotopic (exact) mass is 170 g/mol. The predicted molar refractivity (Wildman–Crippen MR) is 43.8 cm³/mol. The van der Waals surface area contributed by atoms with Crippen LogP contribution in [0.5, 0.6) is 5.75 Å². The number of hydrogen-bond donors (Lipinski definition) is 2. The van der Waals surface area contributed by atoms with Crippen molar-refractivity contribution in [3.05, 3.63) is 29.8 Å². The Morgan fingerprint density at radius 2 is 1.83 bits per heavy atom. The lowest BCUT2D eigenvalue weighted by atomic mass is 10.1. The van der Waals surface area contributed by atoms with Gasteiger partial charge in [-0.3, -0.25) is 0 Å². The molecule has 1 aromatic carbocycles. The van der Waals surface area contributed by atoms with Gasteiger partial charge in [-0.1, -0.05) is 12.1 Å². The lowest BCUT2D eigenvalue weighted by molar-refractivity contribution is 0.177. The summed E-state index contributed by atoms with van der Waals surface area (Å²) in [5.41, 5.74) is 0.773. The van der Waals surface area contributed by atoms with Crippen molar-refractivity contribution >= 4 is 0 Å². The van der Waals surface area contributed by atoms with Crippen molar-refractivity contribution in [3.8, 4) is 5.75 Å². The summed E-state index contributed by atoms with van der Waals surface area (Å²) < 4.78 is 12.6. The van der Waals surface area contributed by atoms with Crippen molar-refractivity contribution in [2.75, 3.05) is 6.61 Å². The lowest BCUT2D eigenvalue weighted by Crippen LogP contribution is -2.09. The van der Waals surface area contributed by atoms with Crippen molar-refractivity contribution in [1.29, 1.82) is 0 Å². The van der Waals surface area contributed by atoms with Crippen LogP contribution in [0.25, 0.3) is 0 Å². The van der Waals surface area contributed by atoms with Gasteiger partial charge in [-0.05, 0) is 17.7 Å². The molecule has 0 radical (unpaired) electrons. The van der Waals surface area contributed by atoms with Gasteiger partial charge in [0.15, 0.2) is 0 Å². The maximum Gasteiger partial charge on any atom is 0.127 e. The van der Waals surface area contributed by atoms with Crippen molar-refractivity contribution < 1.29 is 14.6 Å². The number of halogens is 1. The molecule has 66 valence electrons. The number of aliphatic hydroxyl groups excluding tert-OH is 1. The number of aliphatic hydroxyl groups is 1. The first-order chi connectivity index (χ1) is 5.72. The number of alkyl halides is 1. The molecule has 1 aromatic rings. The van der Waals surface area contributed by atoms with Crippen molar-refractivity contribution in [2.24, 2.45) is 0 Å². The van der Waals surface area contributed by atoms with E-state index in [0.29, 0.717) is 0 Å². The maximum absolute atomic E-state index is 12.6. The van der Waals surface area contributed by atoms with E-state index in [0.717, 1.165) is 5.56 Å². The first-order valence-corrected chi connectivity index (χ1v) is 3.75. The number of phenols is 1. The summed E-state index contributed by atoms with van der Waals surface area (Å²) in [5.74, 6) is 0.165. The third-order valence-corrected chi connectivity index (χ3v) is 1.59. The van der Waals surface area contributed by atoms with E-state index in [9.17, 15) is 4.39 Å². The van der Waals surface area contributed by atoms with E-state index in [-0.39, 0.29) is 12.2 Å². The quantitative estimate of drug-likeness (QED) is 0.717. The topological polar surface area (TPSA) is 40.5 Å².